The Morgan fingerprint density at radius 1 is 0.933 bits per heavy atom. The standard InChI is InChI=1S/C26H26FNO2/c1-25(2)17-26(3,19-11-15-21(30-4)16-12-19)22-7-5-6-8-23(22)28(25)24(29)18-9-13-20(27)14-10-18/h5-16H,17H2,1-4H3. The van der Waals surface area contributed by atoms with Crippen LogP contribution in [0.3, 0.4) is 0 Å². The van der Waals surface area contributed by atoms with Crippen molar-refractivity contribution in [3.63, 3.8) is 0 Å². The first-order valence-corrected chi connectivity index (χ1v) is 10.1. The molecule has 3 nitrogen and oxygen atoms in total. The zero-order valence-corrected chi connectivity index (χ0v) is 17.8. The number of amides is 1. The number of nitrogens with zero attached hydrogens (tertiary/aromatic N) is 1. The molecule has 1 aliphatic rings. The van der Waals surface area contributed by atoms with Crippen LogP contribution in [-0.4, -0.2) is 18.6 Å². The van der Waals surface area contributed by atoms with Gasteiger partial charge in [-0.1, -0.05) is 37.3 Å². The molecule has 3 aromatic carbocycles. The Morgan fingerprint density at radius 2 is 1.57 bits per heavy atom. The van der Waals surface area contributed by atoms with Gasteiger partial charge in [-0.05, 0) is 73.9 Å². The average molecular weight is 403 g/mol. The van der Waals surface area contributed by atoms with Crippen LogP contribution in [0, 0.1) is 5.82 Å². The van der Waals surface area contributed by atoms with Crippen molar-refractivity contribution in [3.8, 4) is 5.75 Å². The number of rotatable bonds is 3. The maximum atomic E-state index is 13.5. The summed E-state index contributed by atoms with van der Waals surface area (Å²) in [5.41, 5.74) is 2.93. The molecule has 0 aliphatic carbocycles. The second kappa shape index (κ2) is 7.28. The van der Waals surface area contributed by atoms with Crippen molar-refractivity contribution in [1.82, 2.24) is 0 Å². The number of para-hydroxylation sites is 1. The van der Waals surface area contributed by atoms with Crippen molar-refractivity contribution in [2.24, 2.45) is 0 Å². The number of methoxy groups -OCH3 is 1. The maximum Gasteiger partial charge on any atom is 0.258 e. The van der Waals surface area contributed by atoms with Gasteiger partial charge in [0.2, 0.25) is 0 Å². The predicted molar refractivity (Wildman–Crippen MR) is 118 cm³/mol. The first-order valence-electron chi connectivity index (χ1n) is 10.1. The third kappa shape index (κ3) is 3.26. The van der Waals surface area contributed by atoms with E-state index in [4.69, 9.17) is 4.74 Å². The van der Waals surface area contributed by atoms with E-state index in [9.17, 15) is 9.18 Å². The zero-order valence-electron chi connectivity index (χ0n) is 17.8. The number of fused-ring (bicyclic) bond motifs is 1. The number of hydrogen-bond donors (Lipinski definition) is 0. The smallest absolute Gasteiger partial charge is 0.258 e. The van der Waals surface area contributed by atoms with Gasteiger partial charge in [-0.3, -0.25) is 4.79 Å². The number of halogens is 1. The van der Waals surface area contributed by atoms with Gasteiger partial charge in [0.15, 0.2) is 0 Å². The second-order valence-corrected chi connectivity index (χ2v) is 8.71. The molecule has 0 fully saturated rings. The largest absolute Gasteiger partial charge is 0.497 e. The van der Waals surface area contributed by atoms with Gasteiger partial charge in [-0.2, -0.15) is 0 Å². The van der Waals surface area contributed by atoms with Gasteiger partial charge >= 0.3 is 0 Å². The average Bonchev–Trinajstić information content (AvgIpc) is 2.73. The molecule has 0 bridgehead atoms. The summed E-state index contributed by atoms with van der Waals surface area (Å²) in [5.74, 6) is 0.347. The molecule has 30 heavy (non-hydrogen) atoms. The van der Waals surface area contributed by atoms with Crippen molar-refractivity contribution in [1.29, 1.82) is 0 Å². The van der Waals surface area contributed by atoms with Crippen LogP contribution in [0.2, 0.25) is 0 Å². The minimum absolute atomic E-state index is 0.121. The molecule has 0 radical (unpaired) electrons. The highest BCUT2D eigenvalue weighted by Gasteiger charge is 2.47. The van der Waals surface area contributed by atoms with Crippen LogP contribution in [-0.2, 0) is 5.41 Å². The summed E-state index contributed by atoms with van der Waals surface area (Å²) in [7, 11) is 1.66. The van der Waals surface area contributed by atoms with Crippen LogP contribution >= 0.6 is 0 Å². The van der Waals surface area contributed by atoms with E-state index in [2.05, 4.69) is 39.0 Å². The molecule has 1 aliphatic heterocycles. The lowest BCUT2D eigenvalue weighted by Crippen LogP contribution is -2.55. The Morgan fingerprint density at radius 3 is 2.20 bits per heavy atom. The molecule has 1 atom stereocenters. The van der Waals surface area contributed by atoms with E-state index >= 15 is 0 Å². The minimum atomic E-state index is -0.450. The number of ether oxygens (including phenoxy) is 1. The molecule has 1 heterocycles. The first kappa shape index (κ1) is 20.1. The molecule has 4 rings (SSSR count). The molecule has 154 valence electrons. The molecule has 0 aromatic heterocycles. The van der Waals surface area contributed by atoms with Crippen LogP contribution in [0.15, 0.2) is 72.8 Å². The van der Waals surface area contributed by atoms with E-state index in [1.54, 1.807) is 19.2 Å². The Hall–Kier alpha value is -3.14. The lowest BCUT2D eigenvalue weighted by molar-refractivity contribution is 0.0948. The number of anilines is 1. The third-order valence-corrected chi connectivity index (χ3v) is 6.15. The van der Waals surface area contributed by atoms with Crippen molar-refractivity contribution >= 4 is 11.6 Å². The lowest BCUT2D eigenvalue weighted by atomic mass is 9.65. The topological polar surface area (TPSA) is 29.5 Å². The van der Waals surface area contributed by atoms with Crippen molar-refractivity contribution in [2.75, 3.05) is 12.0 Å². The van der Waals surface area contributed by atoms with Gasteiger partial charge in [-0.25, -0.2) is 4.39 Å². The van der Waals surface area contributed by atoms with Crippen molar-refractivity contribution < 1.29 is 13.9 Å². The summed E-state index contributed by atoms with van der Waals surface area (Å²) in [6.07, 6.45) is 0.746. The Bertz CT molecular complexity index is 1070. The Balaban J connectivity index is 1.85. The van der Waals surface area contributed by atoms with Crippen LogP contribution < -0.4 is 9.64 Å². The highest BCUT2D eigenvalue weighted by atomic mass is 19.1. The molecular formula is C26H26FNO2. The molecule has 0 spiro atoms. The molecule has 0 saturated heterocycles. The summed E-state index contributed by atoms with van der Waals surface area (Å²) in [6, 6.07) is 22.0. The fourth-order valence-corrected chi connectivity index (χ4v) is 4.82. The highest BCUT2D eigenvalue weighted by molar-refractivity contribution is 6.08. The zero-order chi connectivity index (χ0) is 21.5. The number of hydrogen-bond acceptors (Lipinski definition) is 2. The maximum absolute atomic E-state index is 13.5. The monoisotopic (exact) mass is 403 g/mol. The van der Waals surface area contributed by atoms with E-state index in [1.807, 2.05) is 35.2 Å². The Kier molecular flexibility index (Phi) is 4.89. The summed E-state index contributed by atoms with van der Waals surface area (Å²) < 4.78 is 18.7. The van der Waals surface area contributed by atoms with E-state index in [-0.39, 0.29) is 17.1 Å². The van der Waals surface area contributed by atoms with E-state index in [0.717, 1.165) is 23.4 Å². The summed E-state index contributed by atoms with van der Waals surface area (Å²) in [6.45, 7) is 6.41. The van der Waals surface area contributed by atoms with Gasteiger partial charge in [-0.15, -0.1) is 0 Å². The molecule has 1 unspecified atom stereocenters. The Labute approximate surface area is 177 Å². The molecule has 1 amide bonds. The molecule has 0 saturated carbocycles. The van der Waals surface area contributed by atoms with Crippen molar-refractivity contribution in [2.45, 2.75) is 38.1 Å². The molecular weight excluding hydrogens is 377 g/mol. The molecule has 3 aromatic rings. The van der Waals surface area contributed by atoms with Crippen molar-refractivity contribution in [3.05, 3.63) is 95.3 Å². The predicted octanol–water partition coefficient (Wildman–Crippen LogP) is 5.97. The fourth-order valence-electron chi connectivity index (χ4n) is 4.82. The van der Waals surface area contributed by atoms with Gasteiger partial charge in [0.1, 0.15) is 11.6 Å². The normalized spacial score (nSPS) is 19.8. The molecule has 0 N–H and O–H groups in total. The fraction of sp³-hybridized carbons (Fsp3) is 0.269. The number of carbonyl (C=O) groups excluding carboxylic acids is 1. The van der Waals surface area contributed by atoms with E-state index in [0.29, 0.717) is 5.56 Å². The van der Waals surface area contributed by atoms with Gasteiger partial charge < -0.3 is 9.64 Å². The van der Waals surface area contributed by atoms with Gasteiger partial charge in [0.05, 0.1) is 7.11 Å². The van der Waals surface area contributed by atoms with Crippen LogP contribution in [0.25, 0.3) is 0 Å². The SMILES string of the molecule is COc1ccc(C2(C)CC(C)(C)N(C(=O)c3ccc(F)cc3)c3ccccc32)cc1. The van der Waals surface area contributed by atoms with Crippen LogP contribution in [0.5, 0.6) is 5.75 Å². The van der Waals surface area contributed by atoms with E-state index in [1.165, 1.54) is 17.7 Å². The summed E-state index contributed by atoms with van der Waals surface area (Å²) in [4.78, 5) is 15.4. The lowest BCUT2D eigenvalue weighted by Gasteiger charge is -2.51. The highest BCUT2D eigenvalue weighted by Crippen LogP contribution is 2.50. The van der Waals surface area contributed by atoms with Gasteiger partial charge in [0.25, 0.3) is 5.91 Å². The molecule has 4 heteroatoms. The summed E-state index contributed by atoms with van der Waals surface area (Å²) in [5, 5.41) is 0. The number of benzene rings is 3. The number of carbonyl (C=O) groups is 1. The van der Waals surface area contributed by atoms with Crippen LogP contribution in [0.4, 0.5) is 10.1 Å². The summed E-state index contributed by atoms with van der Waals surface area (Å²) >= 11 is 0. The van der Waals surface area contributed by atoms with Crippen LogP contribution in [0.1, 0.15) is 48.7 Å². The first-order chi connectivity index (χ1) is 14.3. The van der Waals surface area contributed by atoms with E-state index < -0.39 is 5.54 Å². The second-order valence-electron chi connectivity index (χ2n) is 8.71. The third-order valence-electron chi connectivity index (χ3n) is 6.15. The quantitative estimate of drug-likeness (QED) is 0.539. The van der Waals surface area contributed by atoms with Gasteiger partial charge in [0, 0.05) is 22.2 Å². The minimum Gasteiger partial charge on any atom is -0.497 e.